The fourth-order valence-corrected chi connectivity index (χ4v) is 4.06. The monoisotopic (exact) mass is 498 g/mol. The van der Waals surface area contributed by atoms with Crippen molar-refractivity contribution < 1.29 is 32.6 Å². The molecule has 2 amide bonds. The molecule has 0 saturated carbocycles. The van der Waals surface area contributed by atoms with Crippen molar-refractivity contribution in [2.75, 3.05) is 45.1 Å². The molecule has 6 nitrogen and oxygen atoms in total. The maximum atomic E-state index is 13.0. The molecule has 1 fully saturated rings. The molecule has 0 aliphatic carbocycles. The zero-order valence-electron chi connectivity index (χ0n) is 19.2. The summed E-state index contributed by atoms with van der Waals surface area (Å²) in [5, 5.41) is 2.48. The van der Waals surface area contributed by atoms with Crippen LogP contribution in [-0.2, 0) is 22.3 Å². The van der Waals surface area contributed by atoms with Crippen LogP contribution in [0.3, 0.4) is 0 Å². The number of carbonyl (C=O) groups is 2. The fourth-order valence-electron chi connectivity index (χ4n) is 3.90. The van der Waals surface area contributed by atoms with Gasteiger partial charge in [-0.25, -0.2) is 0 Å². The molecule has 0 aromatic heterocycles. The first-order chi connectivity index (χ1) is 16.0. The molecule has 0 radical (unpaired) electrons. The molecule has 3 rings (SSSR count). The Balaban J connectivity index is 1.50. The van der Waals surface area contributed by atoms with Gasteiger partial charge in [-0.3, -0.25) is 9.59 Å². The zero-order valence-corrected chi connectivity index (χ0v) is 20.0. The van der Waals surface area contributed by atoms with Crippen LogP contribution in [0.25, 0.3) is 0 Å². The molecule has 1 aliphatic rings. The van der Waals surface area contributed by atoms with E-state index in [2.05, 4.69) is 17.4 Å². The van der Waals surface area contributed by atoms with Crippen LogP contribution in [0, 0.1) is 0 Å². The summed E-state index contributed by atoms with van der Waals surface area (Å²) in [6.45, 7) is 5.65. The van der Waals surface area contributed by atoms with E-state index in [9.17, 15) is 22.8 Å². The van der Waals surface area contributed by atoms with Crippen molar-refractivity contribution >= 4 is 29.1 Å². The molecule has 3 N–H and O–H groups in total. The minimum atomic E-state index is -4.54. The van der Waals surface area contributed by atoms with Crippen LogP contribution < -0.4 is 15.1 Å². The number of rotatable bonds is 7. The van der Waals surface area contributed by atoms with E-state index in [1.807, 2.05) is 23.1 Å². The number of carbonyl (C=O) groups excluding carboxylic acids is 2. The van der Waals surface area contributed by atoms with Gasteiger partial charge in [0, 0.05) is 5.56 Å². The number of hydrogen-bond acceptors (Lipinski definition) is 2. The van der Waals surface area contributed by atoms with E-state index < -0.39 is 23.7 Å². The van der Waals surface area contributed by atoms with E-state index in [4.69, 9.17) is 11.6 Å². The molecule has 2 aromatic carbocycles. The second-order valence-electron chi connectivity index (χ2n) is 8.72. The number of alkyl halides is 3. The Bertz CT molecular complexity index is 995. The number of nitrogens with zero attached hydrogens (tertiary/aromatic N) is 1. The minimum absolute atomic E-state index is 0.0122. The number of amides is 2. The standard InChI is InChI=1S/C24H28ClF3N4O2/c1-17(23(34)29-21-14-19(24(26,27)28)8-9-20(21)25)30(2)16-22(33)32-12-10-31(11-13-32)15-18-6-4-3-5-7-18/h3-9,14,17H,10-13,15-16H2,1-2H3,(H,29,34)/p+2. The summed E-state index contributed by atoms with van der Waals surface area (Å²) in [5.41, 5.74) is 0.261. The molecular weight excluding hydrogens is 469 g/mol. The number of benzene rings is 2. The number of nitrogens with one attached hydrogen (secondary N) is 3. The summed E-state index contributed by atoms with van der Waals surface area (Å²) in [7, 11) is 1.72. The fraction of sp³-hybridized carbons (Fsp3) is 0.417. The van der Waals surface area contributed by atoms with Gasteiger partial charge in [-0.1, -0.05) is 41.9 Å². The lowest BCUT2D eigenvalue weighted by atomic mass is 10.1. The molecular formula is C24H30ClF3N4O2+2. The summed E-state index contributed by atoms with van der Waals surface area (Å²) < 4.78 is 38.9. The number of likely N-dealkylation sites (N-methyl/N-ethyl adjacent to an activating group) is 1. The molecule has 184 valence electrons. The normalized spacial score (nSPS) is 16.7. The summed E-state index contributed by atoms with van der Waals surface area (Å²) in [5.74, 6) is -0.559. The lowest BCUT2D eigenvalue weighted by Gasteiger charge is -2.33. The first-order valence-electron chi connectivity index (χ1n) is 11.2. The Hall–Kier alpha value is -2.62. The number of piperazine rings is 1. The molecule has 0 bridgehead atoms. The van der Waals surface area contributed by atoms with E-state index in [-0.39, 0.29) is 23.2 Å². The second kappa shape index (κ2) is 11.2. The lowest BCUT2D eigenvalue weighted by Crippen LogP contribution is -3.15. The predicted molar refractivity (Wildman–Crippen MR) is 124 cm³/mol. The Labute approximate surface area is 202 Å². The third-order valence-corrected chi connectivity index (χ3v) is 6.56. The first-order valence-corrected chi connectivity index (χ1v) is 11.6. The van der Waals surface area contributed by atoms with Crippen LogP contribution >= 0.6 is 11.6 Å². The van der Waals surface area contributed by atoms with E-state index in [0.29, 0.717) is 18.0 Å². The van der Waals surface area contributed by atoms with E-state index in [1.54, 1.807) is 14.0 Å². The maximum Gasteiger partial charge on any atom is 0.416 e. The van der Waals surface area contributed by atoms with Gasteiger partial charge in [-0.05, 0) is 25.1 Å². The smallest absolute Gasteiger partial charge is 0.328 e. The molecule has 2 atom stereocenters. The Kier molecular flexibility index (Phi) is 8.57. The van der Waals surface area contributed by atoms with Gasteiger partial charge in [-0.15, -0.1) is 0 Å². The van der Waals surface area contributed by atoms with Crippen molar-refractivity contribution in [3.05, 3.63) is 64.7 Å². The summed E-state index contributed by atoms with van der Waals surface area (Å²) in [6.07, 6.45) is -4.54. The predicted octanol–water partition coefficient (Wildman–Crippen LogP) is 1.13. The average Bonchev–Trinajstić information content (AvgIpc) is 2.80. The van der Waals surface area contributed by atoms with Gasteiger partial charge < -0.3 is 20.0 Å². The van der Waals surface area contributed by atoms with Gasteiger partial charge in [0.25, 0.3) is 11.8 Å². The number of anilines is 1. The van der Waals surface area contributed by atoms with Crippen molar-refractivity contribution in [2.45, 2.75) is 25.7 Å². The van der Waals surface area contributed by atoms with Crippen LogP contribution in [0.15, 0.2) is 48.5 Å². The van der Waals surface area contributed by atoms with E-state index in [1.165, 1.54) is 10.5 Å². The summed E-state index contributed by atoms with van der Waals surface area (Å²) in [4.78, 5) is 29.3. The first kappa shape index (κ1) is 26.0. The van der Waals surface area contributed by atoms with Crippen molar-refractivity contribution in [3.63, 3.8) is 0 Å². The Morgan fingerprint density at radius 1 is 1.15 bits per heavy atom. The van der Waals surface area contributed by atoms with Crippen LogP contribution in [0.2, 0.25) is 5.02 Å². The second-order valence-corrected chi connectivity index (χ2v) is 9.13. The molecule has 2 unspecified atom stereocenters. The molecule has 2 aromatic rings. The molecule has 1 aliphatic heterocycles. The van der Waals surface area contributed by atoms with Crippen molar-refractivity contribution in [3.8, 4) is 0 Å². The van der Waals surface area contributed by atoms with Gasteiger partial charge in [0.2, 0.25) is 0 Å². The number of quaternary nitrogens is 2. The largest absolute Gasteiger partial charge is 0.416 e. The van der Waals surface area contributed by atoms with Crippen LogP contribution in [-0.4, -0.2) is 62.5 Å². The Morgan fingerprint density at radius 3 is 2.41 bits per heavy atom. The summed E-state index contributed by atoms with van der Waals surface area (Å²) >= 11 is 5.97. The highest BCUT2D eigenvalue weighted by Gasteiger charge is 2.32. The quantitative estimate of drug-likeness (QED) is 0.536. The minimum Gasteiger partial charge on any atom is -0.328 e. The molecule has 34 heavy (non-hydrogen) atoms. The van der Waals surface area contributed by atoms with Crippen molar-refractivity contribution in [1.82, 2.24) is 4.90 Å². The van der Waals surface area contributed by atoms with Gasteiger partial charge in [0.15, 0.2) is 12.6 Å². The van der Waals surface area contributed by atoms with Crippen LogP contribution in [0.4, 0.5) is 18.9 Å². The number of hydrogen-bond donors (Lipinski definition) is 3. The van der Waals surface area contributed by atoms with Gasteiger partial charge >= 0.3 is 6.18 Å². The highest BCUT2D eigenvalue weighted by Crippen LogP contribution is 2.33. The SMILES string of the molecule is CC(C(=O)Nc1cc(C(F)(F)F)ccc1Cl)[NH+](C)CC(=O)N1CC[NH+](Cc2ccccc2)CC1. The van der Waals surface area contributed by atoms with Crippen LogP contribution in [0.5, 0.6) is 0 Å². The van der Waals surface area contributed by atoms with Crippen molar-refractivity contribution in [2.24, 2.45) is 0 Å². The maximum absolute atomic E-state index is 13.0. The third kappa shape index (κ3) is 6.94. The molecule has 10 heteroatoms. The van der Waals surface area contributed by atoms with Gasteiger partial charge in [0.1, 0.15) is 6.54 Å². The van der Waals surface area contributed by atoms with Crippen LogP contribution in [0.1, 0.15) is 18.1 Å². The molecule has 1 heterocycles. The summed E-state index contributed by atoms with van der Waals surface area (Å²) in [6, 6.07) is 12.3. The number of halogens is 4. The average molecular weight is 499 g/mol. The highest BCUT2D eigenvalue weighted by atomic mass is 35.5. The highest BCUT2D eigenvalue weighted by molar-refractivity contribution is 6.33. The van der Waals surface area contributed by atoms with E-state index in [0.717, 1.165) is 37.8 Å². The topological polar surface area (TPSA) is 58.3 Å². The molecule has 0 spiro atoms. The van der Waals surface area contributed by atoms with E-state index >= 15 is 0 Å². The zero-order chi connectivity index (χ0) is 24.9. The Morgan fingerprint density at radius 2 is 1.79 bits per heavy atom. The van der Waals surface area contributed by atoms with Gasteiger partial charge in [0.05, 0.1) is 49.5 Å². The van der Waals surface area contributed by atoms with Gasteiger partial charge in [-0.2, -0.15) is 13.2 Å². The third-order valence-electron chi connectivity index (χ3n) is 6.23. The van der Waals surface area contributed by atoms with Crippen molar-refractivity contribution in [1.29, 1.82) is 0 Å². The molecule has 1 saturated heterocycles. The lowest BCUT2D eigenvalue weighted by molar-refractivity contribution is -0.918.